The molecule has 1 fully saturated rings. The van der Waals surface area contributed by atoms with E-state index in [4.69, 9.17) is 10.5 Å². The number of aromatic nitrogens is 1. The molecule has 3 rings (SSSR count). The first-order valence-electron chi connectivity index (χ1n) is 7.07. The van der Waals surface area contributed by atoms with Gasteiger partial charge in [-0.15, -0.1) is 0 Å². The Morgan fingerprint density at radius 1 is 1.05 bits per heavy atom. The van der Waals surface area contributed by atoms with Crippen molar-refractivity contribution in [3.63, 3.8) is 0 Å². The van der Waals surface area contributed by atoms with Crippen molar-refractivity contribution in [3.8, 4) is 5.88 Å². The molecule has 0 atom stereocenters. The van der Waals surface area contributed by atoms with Crippen molar-refractivity contribution in [1.29, 1.82) is 0 Å². The number of nitrogens with two attached hydrogens (primary N) is 1. The number of para-hydroxylation sites is 1. The van der Waals surface area contributed by atoms with E-state index in [1.165, 1.54) is 12.8 Å². The van der Waals surface area contributed by atoms with E-state index in [0.29, 0.717) is 12.0 Å². The van der Waals surface area contributed by atoms with E-state index in [0.717, 1.165) is 36.2 Å². The van der Waals surface area contributed by atoms with E-state index in [2.05, 4.69) is 17.1 Å². The Bertz CT molecular complexity index is 547. The number of hydrogen-bond donors (Lipinski definition) is 1. The Morgan fingerprint density at radius 3 is 2.63 bits per heavy atom. The fourth-order valence-electron chi connectivity index (χ4n) is 2.77. The predicted octanol–water partition coefficient (Wildman–Crippen LogP) is 3.13. The lowest BCUT2D eigenvalue weighted by molar-refractivity contribution is 0.128. The van der Waals surface area contributed by atoms with E-state index < -0.39 is 0 Å². The Kier molecular flexibility index (Phi) is 3.65. The summed E-state index contributed by atoms with van der Waals surface area (Å²) >= 11 is 0. The Balaban J connectivity index is 1.68. The zero-order valence-corrected chi connectivity index (χ0v) is 11.1. The van der Waals surface area contributed by atoms with Crippen molar-refractivity contribution in [3.05, 3.63) is 36.4 Å². The van der Waals surface area contributed by atoms with Crippen LogP contribution >= 0.6 is 0 Å². The fraction of sp³-hybridized carbons (Fsp3) is 0.438. The zero-order valence-electron chi connectivity index (χ0n) is 11.1. The highest BCUT2D eigenvalue weighted by Crippen LogP contribution is 2.27. The normalized spacial score (nSPS) is 23.4. The van der Waals surface area contributed by atoms with Crippen molar-refractivity contribution in [2.75, 3.05) is 6.54 Å². The lowest BCUT2D eigenvalue weighted by Gasteiger charge is -2.27. The van der Waals surface area contributed by atoms with Gasteiger partial charge in [0, 0.05) is 11.5 Å². The SMILES string of the molecule is NC[C@H]1CC[C@H](Oc2ccc3ccccc3n2)CC1. The number of rotatable bonds is 3. The molecule has 1 aliphatic carbocycles. The van der Waals surface area contributed by atoms with Crippen LogP contribution in [0.15, 0.2) is 36.4 Å². The van der Waals surface area contributed by atoms with Crippen molar-refractivity contribution < 1.29 is 4.74 Å². The molecule has 100 valence electrons. The molecule has 0 bridgehead atoms. The van der Waals surface area contributed by atoms with Crippen LogP contribution in [0.3, 0.4) is 0 Å². The van der Waals surface area contributed by atoms with Crippen LogP contribution in [0.2, 0.25) is 0 Å². The van der Waals surface area contributed by atoms with Crippen LogP contribution in [-0.4, -0.2) is 17.6 Å². The Hall–Kier alpha value is -1.61. The summed E-state index contributed by atoms with van der Waals surface area (Å²) in [6.07, 6.45) is 4.84. The van der Waals surface area contributed by atoms with E-state index in [9.17, 15) is 0 Å². The molecule has 1 aliphatic rings. The van der Waals surface area contributed by atoms with Crippen molar-refractivity contribution in [2.45, 2.75) is 31.8 Å². The second kappa shape index (κ2) is 5.57. The molecule has 1 saturated carbocycles. The predicted molar refractivity (Wildman–Crippen MR) is 77.2 cm³/mol. The largest absolute Gasteiger partial charge is 0.474 e. The van der Waals surface area contributed by atoms with Gasteiger partial charge in [-0.3, -0.25) is 0 Å². The lowest BCUT2D eigenvalue weighted by Crippen LogP contribution is -2.27. The van der Waals surface area contributed by atoms with Gasteiger partial charge in [-0.2, -0.15) is 0 Å². The molecule has 1 heterocycles. The molecule has 1 aromatic carbocycles. The van der Waals surface area contributed by atoms with Gasteiger partial charge in [0.15, 0.2) is 0 Å². The van der Waals surface area contributed by atoms with Crippen molar-refractivity contribution in [1.82, 2.24) is 4.98 Å². The van der Waals surface area contributed by atoms with Crippen LogP contribution in [0.1, 0.15) is 25.7 Å². The van der Waals surface area contributed by atoms with Crippen LogP contribution < -0.4 is 10.5 Å². The summed E-state index contributed by atoms with van der Waals surface area (Å²) in [5.41, 5.74) is 6.71. The molecule has 0 saturated heterocycles. The molecule has 0 unspecified atom stereocenters. The minimum absolute atomic E-state index is 0.302. The molecular formula is C16H20N2O. The highest BCUT2D eigenvalue weighted by atomic mass is 16.5. The third kappa shape index (κ3) is 2.87. The van der Waals surface area contributed by atoms with Gasteiger partial charge in [-0.1, -0.05) is 18.2 Å². The summed E-state index contributed by atoms with van der Waals surface area (Å²) in [6, 6.07) is 12.2. The zero-order chi connectivity index (χ0) is 13.1. The van der Waals surface area contributed by atoms with Crippen LogP contribution in [0, 0.1) is 5.92 Å². The summed E-state index contributed by atoms with van der Waals surface area (Å²) in [4.78, 5) is 4.56. The molecule has 1 aromatic heterocycles. The maximum absolute atomic E-state index is 6.00. The third-order valence-electron chi connectivity index (χ3n) is 3.99. The Morgan fingerprint density at radius 2 is 1.84 bits per heavy atom. The van der Waals surface area contributed by atoms with E-state index >= 15 is 0 Å². The minimum atomic E-state index is 0.302. The fourth-order valence-corrected chi connectivity index (χ4v) is 2.77. The number of nitrogens with zero attached hydrogens (tertiary/aromatic N) is 1. The van der Waals surface area contributed by atoms with Gasteiger partial charge in [0.25, 0.3) is 0 Å². The molecular weight excluding hydrogens is 236 g/mol. The first kappa shape index (κ1) is 12.4. The van der Waals surface area contributed by atoms with Gasteiger partial charge in [0.1, 0.15) is 6.10 Å². The van der Waals surface area contributed by atoms with E-state index in [-0.39, 0.29) is 0 Å². The van der Waals surface area contributed by atoms with Crippen LogP contribution in [0.25, 0.3) is 10.9 Å². The van der Waals surface area contributed by atoms with Crippen molar-refractivity contribution in [2.24, 2.45) is 11.7 Å². The third-order valence-corrected chi connectivity index (χ3v) is 3.99. The van der Waals surface area contributed by atoms with Gasteiger partial charge in [-0.25, -0.2) is 4.98 Å². The second-order valence-electron chi connectivity index (χ2n) is 5.34. The molecule has 3 nitrogen and oxygen atoms in total. The lowest BCUT2D eigenvalue weighted by atomic mass is 9.87. The molecule has 0 aliphatic heterocycles. The summed E-state index contributed by atoms with van der Waals surface area (Å²) in [5, 5.41) is 1.15. The Labute approximate surface area is 113 Å². The van der Waals surface area contributed by atoms with Gasteiger partial charge < -0.3 is 10.5 Å². The second-order valence-corrected chi connectivity index (χ2v) is 5.34. The first-order chi connectivity index (χ1) is 9.35. The molecule has 2 aromatic rings. The van der Waals surface area contributed by atoms with Crippen LogP contribution in [-0.2, 0) is 0 Å². The number of pyridine rings is 1. The molecule has 3 heteroatoms. The van der Waals surface area contributed by atoms with Crippen LogP contribution in [0.4, 0.5) is 0 Å². The number of hydrogen-bond acceptors (Lipinski definition) is 3. The molecule has 19 heavy (non-hydrogen) atoms. The van der Waals surface area contributed by atoms with Gasteiger partial charge >= 0.3 is 0 Å². The summed E-state index contributed by atoms with van der Waals surface area (Å²) in [5.74, 6) is 1.43. The van der Waals surface area contributed by atoms with Gasteiger partial charge in [-0.05, 0) is 50.3 Å². The van der Waals surface area contributed by atoms with Gasteiger partial charge in [0.05, 0.1) is 5.52 Å². The standard InChI is InChI=1S/C16H20N2O/c17-11-12-5-8-14(9-6-12)19-16-10-7-13-3-1-2-4-15(13)18-16/h1-4,7,10,12,14H,5-6,8-9,11,17H2/t12-,14-. The monoisotopic (exact) mass is 256 g/mol. The maximum atomic E-state index is 6.00. The quantitative estimate of drug-likeness (QED) is 0.917. The highest BCUT2D eigenvalue weighted by Gasteiger charge is 2.21. The van der Waals surface area contributed by atoms with Gasteiger partial charge in [0.2, 0.25) is 5.88 Å². The smallest absolute Gasteiger partial charge is 0.214 e. The van der Waals surface area contributed by atoms with E-state index in [1.54, 1.807) is 0 Å². The van der Waals surface area contributed by atoms with E-state index in [1.807, 2.05) is 24.3 Å². The highest BCUT2D eigenvalue weighted by molar-refractivity contribution is 5.78. The summed E-state index contributed by atoms with van der Waals surface area (Å²) in [6.45, 7) is 0.806. The topological polar surface area (TPSA) is 48.1 Å². The average Bonchev–Trinajstić information content (AvgIpc) is 2.48. The summed E-state index contributed by atoms with van der Waals surface area (Å²) in [7, 11) is 0. The number of fused-ring (bicyclic) bond motifs is 1. The molecule has 0 radical (unpaired) electrons. The average molecular weight is 256 g/mol. The number of benzene rings is 1. The summed E-state index contributed by atoms with van der Waals surface area (Å²) < 4.78 is 6.00. The maximum Gasteiger partial charge on any atom is 0.214 e. The van der Waals surface area contributed by atoms with Crippen molar-refractivity contribution >= 4 is 10.9 Å². The minimum Gasteiger partial charge on any atom is -0.474 e. The van der Waals surface area contributed by atoms with Crippen LogP contribution in [0.5, 0.6) is 5.88 Å². The molecule has 0 spiro atoms. The first-order valence-corrected chi connectivity index (χ1v) is 7.07. The molecule has 0 amide bonds. The number of ether oxygens (including phenoxy) is 1. The molecule has 2 N–H and O–H groups in total.